The molecule has 0 unspecified atom stereocenters. The highest BCUT2D eigenvalue weighted by Crippen LogP contribution is 2.06. The van der Waals surface area contributed by atoms with E-state index in [0.29, 0.717) is 18.7 Å². The number of nitrogens with zero attached hydrogens (tertiary/aromatic N) is 1. The topological polar surface area (TPSA) is 57.2 Å². The molecule has 0 atom stereocenters. The molecule has 88 valence electrons. The molecule has 4 nitrogen and oxygen atoms in total. The lowest BCUT2D eigenvalue weighted by atomic mass is 10.1. The van der Waals surface area contributed by atoms with Crippen LogP contribution in [0.1, 0.15) is 16.8 Å². The van der Waals surface area contributed by atoms with Gasteiger partial charge in [-0.3, -0.25) is 4.79 Å². The minimum atomic E-state index is -0.137. The predicted molar refractivity (Wildman–Crippen MR) is 67.9 cm³/mol. The van der Waals surface area contributed by atoms with Crippen molar-refractivity contribution in [3.05, 3.63) is 33.2 Å². The first-order valence-corrected chi connectivity index (χ1v) is 5.39. The molecule has 0 spiro atoms. The Labute approximate surface area is 100 Å². The van der Waals surface area contributed by atoms with E-state index in [-0.39, 0.29) is 10.5 Å². The Bertz CT molecular complexity index is 466. The van der Waals surface area contributed by atoms with Crippen molar-refractivity contribution in [1.82, 2.24) is 4.57 Å². The summed E-state index contributed by atoms with van der Waals surface area (Å²) in [6.45, 7) is 4.72. The third-order valence-electron chi connectivity index (χ3n) is 2.47. The molecule has 0 saturated carbocycles. The maximum absolute atomic E-state index is 12.1. The normalized spacial score (nSPS) is 10.4. The van der Waals surface area contributed by atoms with E-state index in [0.717, 1.165) is 11.3 Å². The summed E-state index contributed by atoms with van der Waals surface area (Å²) in [4.78, 5) is 12.2. The SMILES string of the molecule is COCCn1c(C)cc(C)c(C(N)=S)c1=O. The van der Waals surface area contributed by atoms with Crippen LogP contribution in [0, 0.1) is 13.8 Å². The Morgan fingerprint density at radius 3 is 2.69 bits per heavy atom. The van der Waals surface area contributed by atoms with E-state index in [1.54, 1.807) is 11.7 Å². The molecule has 0 aliphatic rings. The lowest BCUT2D eigenvalue weighted by molar-refractivity contribution is 0.185. The Balaban J connectivity index is 3.34. The van der Waals surface area contributed by atoms with Gasteiger partial charge in [0.25, 0.3) is 5.56 Å². The molecule has 0 bridgehead atoms. The fraction of sp³-hybridized carbons (Fsp3) is 0.455. The zero-order chi connectivity index (χ0) is 12.3. The molecule has 0 saturated heterocycles. The van der Waals surface area contributed by atoms with Crippen molar-refractivity contribution in [1.29, 1.82) is 0 Å². The maximum atomic E-state index is 12.1. The molecule has 0 amide bonds. The largest absolute Gasteiger partial charge is 0.389 e. The van der Waals surface area contributed by atoms with Crippen LogP contribution in [0.5, 0.6) is 0 Å². The molecule has 0 radical (unpaired) electrons. The Morgan fingerprint density at radius 1 is 1.56 bits per heavy atom. The van der Waals surface area contributed by atoms with Gasteiger partial charge in [-0.2, -0.15) is 0 Å². The van der Waals surface area contributed by atoms with Crippen LogP contribution in [0.2, 0.25) is 0 Å². The summed E-state index contributed by atoms with van der Waals surface area (Å²) in [6, 6.07) is 1.91. The van der Waals surface area contributed by atoms with Crippen LogP contribution in [0.3, 0.4) is 0 Å². The smallest absolute Gasteiger partial charge is 0.261 e. The van der Waals surface area contributed by atoms with E-state index < -0.39 is 0 Å². The van der Waals surface area contributed by atoms with E-state index in [1.165, 1.54) is 0 Å². The van der Waals surface area contributed by atoms with Gasteiger partial charge in [0.05, 0.1) is 12.2 Å². The monoisotopic (exact) mass is 240 g/mol. The van der Waals surface area contributed by atoms with Gasteiger partial charge in [-0.05, 0) is 25.5 Å². The molecule has 1 aromatic rings. The van der Waals surface area contributed by atoms with E-state index in [4.69, 9.17) is 22.7 Å². The van der Waals surface area contributed by atoms with Crippen LogP contribution in [0.4, 0.5) is 0 Å². The summed E-state index contributed by atoms with van der Waals surface area (Å²) in [7, 11) is 1.60. The quantitative estimate of drug-likeness (QED) is 0.789. The zero-order valence-corrected chi connectivity index (χ0v) is 10.6. The third-order valence-corrected chi connectivity index (χ3v) is 2.67. The summed E-state index contributed by atoms with van der Waals surface area (Å²) >= 11 is 4.89. The van der Waals surface area contributed by atoms with Crippen LogP contribution in [0.25, 0.3) is 0 Å². The third kappa shape index (κ3) is 2.48. The van der Waals surface area contributed by atoms with E-state index in [9.17, 15) is 4.79 Å². The highest BCUT2D eigenvalue weighted by Gasteiger charge is 2.11. The number of hydrogen-bond donors (Lipinski definition) is 1. The number of methoxy groups -OCH3 is 1. The molecule has 0 aromatic carbocycles. The van der Waals surface area contributed by atoms with Crippen molar-refractivity contribution in [3.63, 3.8) is 0 Å². The van der Waals surface area contributed by atoms with Crippen molar-refractivity contribution in [2.24, 2.45) is 5.73 Å². The maximum Gasteiger partial charge on any atom is 0.261 e. The average Bonchev–Trinajstić information content (AvgIpc) is 2.16. The van der Waals surface area contributed by atoms with Crippen LogP contribution < -0.4 is 11.3 Å². The van der Waals surface area contributed by atoms with Crippen LogP contribution in [-0.4, -0.2) is 23.3 Å². The van der Waals surface area contributed by atoms with Crippen molar-refractivity contribution in [2.45, 2.75) is 20.4 Å². The Kier molecular flexibility index (Phi) is 4.20. The van der Waals surface area contributed by atoms with Gasteiger partial charge in [0.2, 0.25) is 0 Å². The van der Waals surface area contributed by atoms with Crippen LogP contribution in [0.15, 0.2) is 10.9 Å². The second-order valence-corrected chi connectivity index (χ2v) is 4.10. The molecular formula is C11H16N2O2S. The number of nitrogens with two attached hydrogens (primary N) is 1. The number of thiocarbonyl (C=S) groups is 1. The minimum Gasteiger partial charge on any atom is -0.389 e. The number of ether oxygens (including phenoxy) is 1. The molecule has 16 heavy (non-hydrogen) atoms. The molecule has 1 rings (SSSR count). The summed E-state index contributed by atoms with van der Waals surface area (Å²) in [5.74, 6) is 0. The second-order valence-electron chi connectivity index (χ2n) is 3.66. The first-order chi connectivity index (χ1) is 7.49. The van der Waals surface area contributed by atoms with Gasteiger partial charge in [0.15, 0.2) is 0 Å². The minimum absolute atomic E-state index is 0.137. The Hall–Kier alpha value is -1.20. The van der Waals surface area contributed by atoms with E-state index in [2.05, 4.69) is 0 Å². The lowest BCUT2D eigenvalue weighted by Crippen LogP contribution is -2.32. The molecule has 2 N–H and O–H groups in total. The summed E-state index contributed by atoms with van der Waals surface area (Å²) < 4.78 is 6.59. The number of hydrogen-bond acceptors (Lipinski definition) is 3. The number of aromatic nitrogens is 1. The van der Waals surface area contributed by atoms with E-state index >= 15 is 0 Å². The van der Waals surface area contributed by atoms with E-state index in [1.807, 2.05) is 19.9 Å². The summed E-state index contributed by atoms with van der Waals surface area (Å²) in [5.41, 5.74) is 7.55. The van der Waals surface area contributed by atoms with Crippen molar-refractivity contribution in [3.8, 4) is 0 Å². The van der Waals surface area contributed by atoms with Gasteiger partial charge < -0.3 is 15.0 Å². The number of aryl methyl sites for hydroxylation is 2. The van der Waals surface area contributed by atoms with Gasteiger partial charge >= 0.3 is 0 Å². The van der Waals surface area contributed by atoms with Crippen LogP contribution in [-0.2, 0) is 11.3 Å². The van der Waals surface area contributed by atoms with Gasteiger partial charge in [0.1, 0.15) is 4.99 Å². The zero-order valence-electron chi connectivity index (χ0n) is 9.74. The van der Waals surface area contributed by atoms with Gasteiger partial charge in [0, 0.05) is 19.3 Å². The van der Waals surface area contributed by atoms with Gasteiger partial charge in [-0.25, -0.2) is 0 Å². The first kappa shape index (κ1) is 12.9. The van der Waals surface area contributed by atoms with Crippen molar-refractivity contribution < 1.29 is 4.74 Å². The molecular weight excluding hydrogens is 224 g/mol. The fourth-order valence-electron chi connectivity index (χ4n) is 1.69. The molecule has 0 aliphatic carbocycles. The summed E-state index contributed by atoms with van der Waals surface area (Å²) in [6.07, 6.45) is 0. The summed E-state index contributed by atoms with van der Waals surface area (Å²) in [5, 5.41) is 0. The molecule has 1 aromatic heterocycles. The molecule has 5 heteroatoms. The standard InChI is InChI=1S/C11H16N2O2S/c1-7-6-8(2)13(4-5-15-3)11(14)9(7)10(12)16/h6H,4-5H2,1-3H3,(H2,12,16). The van der Waals surface area contributed by atoms with Crippen molar-refractivity contribution in [2.75, 3.05) is 13.7 Å². The van der Waals surface area contributed by atoms with Crippen LogP contribution >= 0.6 is 12.2 Å². The highest BCUT2D eigenvalue weighted by molar-refractivity contribution is 7.80. The van der Waals surface area contributed by atoms with Crippen molar-refractivity contribution >= 4 is 17.2 Å². The second kappa shape index (κ2) is 5.23. The van der Waals surface area contributed by atoms with Gasteiger partial charge in [-0.1, -0.05) is 12.2 Å². The number of pyridine rings is 1. The Morgan fingerprint density at radius 2 is 2.19 bits per heavy atom. The average molecular weight is 240 g/mol. The first-order valence-electron chi connectivity index (χ1n) is 4.98. The molecule has 0 aliphatic heterocycles. The van der Waals surface area contributed by atoms with Gasteiger partial charge in [-0.15, -0.1) is 0 Å². The molecule has 0 fully saturated rings. The molecule has 1 heterocycles. The predicted octanol–water partition coefficient (Wildman–Crippen LogP) is 0.746. The highest BCUT2D eigenvalue weighted by atomic mass is 32.1. The fourth-order valence-corrected chi connectivity index (χ4v) is 1.94. The lowest BCUT2D eigenvalue weighted by Gasteiger charge is -2.13. The number of rotatable bonds is 4.